The third-order valence-electron chi connectivity index (χ3n) is 2.51. The van der Waals surface area contributed by atoms with Crippen LogP contribution in [-0.2, 0) is 26.3 Å². The molecule has 1 rings (SSSR count). The van der Waals surface area contributed by atoms with Gasteiger partial charge in [0.1, 0.15) is 6.61 Å². The molecule has 1 aliphatic heterocycles. The Morgan fingerprint density at radius 3 is 2.79 bits per heavy atom. The molecule has 3 nitrogen and oxygen atoms in total. The van der Waals surface area contributed by atoms with Crippen molar-refractivity contribution in [3.63, 3.8) is 0 Å². The molecule has 82 valence electrons. The Hall–Kier alpha value is -0.160. The normalized spacial score (nSPS) is 37.8. The molecule has 14 heavy (non-hydrogen) atoms. The van der Waals surface area contributed by atoms with Crippen LogP contribution in [0.1, 0.15) is 13.3 Å². The zero-order chi connectivity index (χ0) is 10.6. The zero-order valence-electron chi connectivity index (χ0n) is 8.36. The lowest BCUT2D eigenvalue weighted by Crippen LogP contribution is -2.49. The fourth-order valence-electron chi connectivity index (χ4n) is 1.50. The van der Waals surface area contributed by atoms with Crippen LogP contribution < -0.4 is 0 Å². The lowest BCUT2D eigenvalue weighted by Gasteiger charge is -2.33. The molecule has 3 atom stereocenters. The van der Waals surface area contributed by atoms with Crippen LogP contribution in [0.2, 0.25) is 0 Å². The van der Waals surface area contributed by atoms with Crippen LogP contribution in [0.4, 0.5) is 0 Å². The Balaban J connectivity index is 2.77. The van der Waals surface area contributed by atoms with Gasteiger partial charge >= 0.3 is 0 Å². The summed E-state index contributed by atoms with van der Waals surface area (Å²) in [5.41, 5.74) is 0. The van der Waals surface area contributed by atoms with E-state index in [1.54, 1.807) is 0 Å². The van der Waals surface area contributed by atoms with Crippen molar-refractivity contribution in [2.24, 2.45) is 0 Å². The molecular weight excluding hydrogens is 220 g/mol. The van der Waals surface area contributed by atoms with Crippen LogP contribution in [0.5, 0.6) is 0 Å². The minimum atomic E-state index is -0.925. The van der Waals surface area contributed by atoms with Gasteiger partial charge in [-0.25, -0.2) is 0 Å². The summed E-state index contributed by atoms with van der Waals surface area (Å²) in [6.45, 7) is 5.79. The monoisotopic (exact) mass is 236 g/mol. The lowest BCUT2D eigenvalue weighted by molar-refractivity contribution is 0.216. The number of hydrogen-bond acceptors (Lipinski definition) is 3. The topological polar surface area (TPSA) is 43.4 Å². The second kappa shape index (κ2) is 5.07. The maximum atomic E-state index is 11.9. The number of ether oxygens (including phenoxy) is 1. The van der Waals surface area contributed by atoms with Gasteiger partial charge in [-0.05, 0) is 6.42 Å². The van der Waals surface area contributed by atoms with Crippen LogP contribution in [0, 0.1) is 0 Å². The van der Waals surface area contributed by atoms with Crippen molar-refractivity contribution >= 4 is 21.6 Å². The van der Waals surface area contributed by atoms with Crippen LogP contribution >= 0.6 is 0 Å². The summed E-state index contributed by atoms with van der Waals surface area (Å²) in [7, 11) is -1.77. The first-order chi connectivity index (χ1) is 6.64. The van der Waals surface area contributed by atoms with E-state index in [0.29, 0.717) is 23.9 Å². The highest BCUT2D eigenvalue weighted by atomic mass is 32.2. The Morgan fingerprint density at radius 2 is 2.21 bits per heavy atom. The first-order valence-corrected chi connectivity index (χ1v) is 7.41. The zero-order valence-corrected chi connectivity index (χ0v) is 9.99. The van der Waals surface area contributed by atoms with E-state index in [0.717, 1.165) is 6.42 Å². The highest BCUT2D eigenvalue weighted by Gasteiger charge is 2.40. The van der Waals surface area contributed by atoms with Crippen LogP contribution in [0.15, 0.2) is 12.8 Å². The standard InChI is InChI=1S/C9H16O3S2/c1-3-9(7-12-4-2)8-13(10)5-6-14(9)11/h4H,2-3,5-8H2,1H3. The quantitative estimate of drug-likeness (QED) is 0.678. The Kier molecular flexibility index (Phi) is 4.31. The van der Waals surface area contributed by atoms with E-state index in [1.165, 1.54) is 6.26 Å². The highest BCUT2D eigenvalue weighted by molar-refractivity contribution is 7.93. The summed E-state index contributed by atoms with van der Waals surface area (Å²) in [6.07, 6.45) is 2.09. The van der Waals surface area contributed by atoms with E-state index in [4.69, 9.17) is 4.74 Å². The Bertz CT molecular complexity index is 265. The van der Waals surface area contributed by atoms with E-state index in [-0.39, 0.29) is 0 Å². The van der Waals surface area contributed by atoms with Crippen LogP contribution in [0.25, 0.3) is 0 Å². The molecule has 0 bridgehead atoms. The molecule has 0 aliphatic carbocycles. The van der Waals surface area contributed by atoms with Gasteiger partial charge < -0.3 is 4.74 Å². The van der Waals surface area contributed by atoms with Gasteiger partial charge in [-0.1, -0.05) is 13.5 Å². The smallest absolute Gasteiger partial charge is 0.105 e. The molecule has 0 saturated carbocycles. The van der Waals surface area contributed by atoms with Gasteiger partial charge in [-0.2, -0.15) is 0 Å². The molecule has 0 aromatic heterocycles. The maximum absolute atomic E-state index is 11.9. The predicted octanol–water partition coefficient (Wildman–Crippen LogP) is 0.806. The van der Waals surface area contributed by atoms with Gasteiger partial charge in [0.2, 0.25) is 0 Å². The van der Waals surface area contributed by atoms with Crippen molar-refractivity contribution in [2.75, 3.05) is 23.9 Å². The largest absolute Gasteiger partial charge is 0.500 e. The van der Waals surface area contributed by atoms with Gasteiger partial charge in [0, 0.05) is 38.9 Å². The van der Waals surface area contributed by atoms with Gasteiger partial charge in [0.25, 0.3) is 0 Å². The van der Waals surface area contributed by atoms with Crippen LogP contribution in [0.3, 0.4) is 0 Å². The SMILES string of the molecule is C=COCC1(CC)CS(=O)CCS1=O. The fraction of sp³-hybridized carbons (Fsp3) is 0.778. The first-order valence-electron chi connectivity index (χ1n) is 4.60. The summed E-state index contributed by atoms with van der Waals surface area (Å²) in [5.74, 6) is 1.58. The van der Waals surface area contributed by atoms with E-state index in [9.17, 15) is 8.42 Å². The van der Waals surface area contributed by atoms with Crippen molar-refractivity contribution in [2.45, 2.75) is 18.1 Å². The average Bonchev–Trinajstić information content (AvgIpc) is 2.20. The molecule has 0 radical (unpaired) electrons. The van der Waals surface area contributed by atoms with Crippen molar-refractivity contribution in [3.05, 3.63) is 12.8 Å². The van der Waals surface area contributed by atoms with Gasteiger partial charge in [-0.3, -0.25) is 8.42 Å². The molecule has 0 spiro atoms. The molecule has 0 aromatic carbocycles. The van der Waals surface area contributed by atoms with E-state index in [1.807, 2.05) is 6.92 Å². The molecule has 0 N–H and O–H groups in total. The Labute approximate surface area is 89.8 Å². The molecule has 1 heterocycles. The summed E-state index contributed by atoms with van der Waals surface area (Å²) in [6, 6.07) is 0. The third kappa shape index (κ3) is 2.45. The second-order valence-electron chi connectivity index (χ2n) is 3.35. The molecule has 0 amide bonds. The van der Waals surface area contributed by atoms with E-state index < -0.39 is 26.3 Å². The molecule has 3 unspecified atom stereocenters. The van der Waals surface area contributed by atoms with Crippen LogP contribution in [-0.4, -0.2) is 37.0 Å². The third-order valence-corrected chi connectivity index (χ3v) is 6.58. The molecular formula is C9H16O3S2. The fourth-order valence-corrected chi connectivity index (χ4v) is 5.74. The van der Waals surface area contributed by atoms with Crippen molar-refractivity contribution in [3.8, 4) is 0 Å². The van der Waals surface area contributed by atoms with Gasteiger partial charge in [-0.15, -0.1) is 0 Å². The van der Waals surface area contributed by atoms with E-state index in [2.05, 4.69) is 6.58 Å². The average molecular weight is 236 g/mol. The number of hydrogen-bond donors (Lipinski definition) is 0. The molecule has 0 aromatic rings. The van der Waals surface area contributed by atoms with Crippen molar-refractivity contribution in [1.29, 1.82) is 0 Å². The molecule has 1 saturated heterocycles. The van der Waals surface area contributed by atoms with Gasteiger partial charge in [0.05, 0.1) is 11.0 Å². The van der Waals surface area contributed by atoms with Crippen molar-refractivity contribution < 1.29 is 13.2 Å². The molecule has 1 fully saturated rings. The second-order valence-corrected chi connectivity index (χ2v) is 6.89. The maximum Gasteiger partial charge on any atom is 0.105 e. The lowest BCUT2D eigenvalue weighted by atomic mass is 10.1. The first kappa shape index (κ1) is 11.9. The summed E-state index contributed by atoms with van der Waals surface area (Å²) >= 11 is 0. The van der Waals surface area contributed by atoms with Crippen molar-refractivity contribution in [1.82, 2.24) is 0 Å². The summed E-state index contributed by atoms with van der Waals surface area (Å²) in [4.78, 5) is 0. The Morgan fingerprint density at radius 1 is 1.50 bits per heavy atom. The molecule has 1 aliphatic rings. The van der Waals surface area contributed by atoms with E-state index >= 15 is 0 Å². The number of rotatable bonds is 4. The minimum Gasteiger partial charge on any atom is -0.500 e. The predicted molar refractivity (Wildman–Crippen MR) is 60.1 cm³/mol. The summed E-state index contributed by atoms with van der Waals surface area (Å²) < 4.78 is 28.0. The highest BCUT2D eigenvalue weighted by Crippen LogP contribution is 2.25. The van der Waals surface area contributed by atoms with Gasteiger partial charge in [0.15, 0.2) is 0 Å². The molecule has 5 heteroatoms. The summed E-state index contributed by atoms with van der Waals surface area (Å²) in [5, 5.41) is 0. The minimum absolute atomic E-state index is 0.366.